The highest BCUT2D eigenvalue weighted by Crippen LogP contribution is 2.34. The highest BCUT2D eigenvalue weighted by molar-refractivity contribution is 7.87. The summed E-state index contributed by atoms with van der Waals surface area (Å²) in [5.41, 5.74) is 2.00. The fourth-order valence-electron chi connectivity index (χ4n) is 4.52. The Hall–Kier alpha value is -2.80. The molecule has 0 saturated heterocycles. The molecule has 2 aromatic carbocycles. The average molecular weight is 620 g/mol. The first-order chi connectivity index (χ1) is 18.7. The Morgan fingerprint density at radius 3 is 2.50 bits per heavy atom. The van der Waals surface area contributed by atoms with Gasteiger partial charge < -0.3 is 14.6 Å². The monoisotopic (exact) mass is 619 g/mol. The van der Waals surface area contributed by atoms with Gasteiger partial charge in [-0.3, -0.25) is 4.79 Å². The number of aliphatic hydroxyl groups excluding tert-OH is 1. The maximum atomic E-state index is 13.3. The van der Waals surface area contributed by atoms with E-state index in [2.05, 4.69) is 10.4 Å². The number of alkyl halides is 3. The molecule has 2 atom stereocenters. The average Bonchev–Trinajstić information content (AvgIpc) is 3.19. The van der Waals surface area contributed by atoms with Crippen molar-refractivity contribution in [2.24, 2.45) is 0 Å². The summed E-state index contributed by atoms with van der Waals surface area (Å²) in [7, 11) is -4.48. The smallest absolute Gasteiger partial charge is 0.390 e. The molecule has 1 heterocycles. The number of aliphatic hydroxyl groups is 1. The fourth-order valence-corrected chi connectivity index (χ4v) is 5.98. The van der Waals surface area contributed by atoms with Gasteiger partial charge in [-0.05, 0) is 75.1 Å². The van der Waals surface area contributed by atoms with E-state index in [1.165, 1.54) is 35.0 Å². The number of nitrogens with one attached hydrogen (secondary N) is 1. The summed E-state index contributed by atoms with van der Waals surface area (Å²) >= 11 is 12.5. The van der Waals surface area contributed by atoms with Crippen LogP contribution in [0.3, 0.4) is 0 Å². The molecule has 40 heavy (non-hydrogen) atoms. The van der Waals surface area contributed by atoms with Gasteiger partial charge in [0.2, 0.25) is 0 Å². The molecule has 0 bridgehead atoms. The predicted octanol–water partition coefficient (Wildman–Crippen LogP) is 5.85. The third-order valence-electron chi connectivity index (χ3n) is 6.44. The van der Waals surface area contributed by atoms with Crippen molar-refractivity contribution < 1.29 is 35.7 Å². The molecule has 1 saturated carbocycles. The van der Waals surface area contributed by atoms with E-state index in [0.29, 0.717) is 40.4 Å². The minimum atomic E-state index is -4.64. The molecule has 1 aromatic heterocycles. The van der Waals surface area contributed by atoms with Crippen molar-refractivity contribution >= 4 is 39.2 Å². The molecule has 0 radical (unpaired) electrons. The number of aromatic nitrogens is 2. The minimum Gasteiger partial charge on any atom is -0.393 e. The molecule has 2 N–H and O–H groups in total. The maximum Gasteiger partial charge on any atom is 0.390 e. The normalized spacial score (nSPS) is 18.0. The summed E-state index contributed by atoms with van der Waals surface area (Å²) in [4.78, 5) is 13.3. The number of carbonyl (C=O) groups is 1. The van der Waals surface area contributed by atoms with Crippen molar-refractivity contribution in [1.82, 2.24) is 15.1 Å². The van der Waals surface area contributed by atoms with Crippen LogP contribution in [0.15, 0.2) is 42.5 Å². The van der Waals surface area contributed by atoms with Crippen molar-refractivity contribution in [2.75, 3.05) is 5.75 Å². The van der Waals surface area contributed by atoms with E-state index in [4.69, 9.17) is 27.4 Å². The highest BCUT2D eigenvalue weighted by Gasteiger charge is 2.31. The number of carbonyl (C=O) groups excluding carboxylic acids is 1. The third kappa shape index (κ3) is 7.48. The molecule has 0 spiro atoms. The van der Waals surface area contributed by atoms with Gasteiger partial charge in [-0.1, -0.05) is 23.2 Å². The first-order valence-electron chi connectivity index (χ1n) is 12.4. The molecule has 0 unspecified atom stereocenters. The Bertz CT molecular complexity index is 1490. The zero-order chi connectivity index (χ0) is 29.2. The summed E-state index contributed by atoms with van der Waals surface area (Å²) in [6, 6.07) is 10.1. The molecule has 3 aromatic rings. The largest absolute Gasteiger partial charge is 0.393 e. The number of amides is 1. The maximum absolute atomic E-state index is 13.3. The standard InChI is InChI=1S/C26H26Cl2F3N3O5S/c1-15-23(25(36)32-18-3-2-4-19(35)14-18)33-34(22-10-7-17(27)13-21(22)28)24(15)16-5-8-20(9-6-16)39-40(37,38)12-11-26(29,30)31/h5-10,13,18-19,35H,2-4,11-12,14H2,1H3,(H,32,36)/t18-,19-/m1/s1. The second-order valence-electron chi connectivity index (χ2n) is 9.56. The number of hydrogen-bond acceptors (Lipinski definition) is 6. The Balaban J connectivity index is 1.68. The summed E-state index contributed by atoms with van der Waals surface area (Å²) < 4.78 is 67.7. The van der Waals surface area contributed by atoms with Crippen LogP contribution in [0.1, 0.15) is 48.2 Å². The molecule has 0 aliphatic heterocycles. The van der Waals surface area contributed by atoms with Crippen LogP contribution >= 0.6 is 23.2 Å². The number of hydrogen-bond donors (Lipinski definition) is 2. The topological polar surface area (TPSA) is 111 Å². The lowest BCUT2D eigenvalue weighted by atomic mass is 9.93. The highest BCUT2D eigenvalue weighted by atomic mass is 35.5. The van der Waals surface area contributed by atoms with E-state index in [1.54, 1.807) is 19.1 Å². The molecule has 14 heteroatoms. The van der Waals surface area contributed by atoms with Crippen LogP contribution in [0.25, 0.3) is 16.9 Å². The van der Waals surface area contributed by atoms with E-state index in [1.807, 2.05) is 0 Å². The molecule has 4 rings (SSSR count). The molecule has 8 nitrogen and oxygen atoms in total. The number of rotatable bonds is 8. The molecule has 1 fully saturated rings. The zero-order valence-electron chi connectivity index (χ0n) is 21.2. The van der Waals surface area contributed by atoms with Crippen LogP contribution in [0, 0.1) is 6.92 Å². The second-order valence-corrected chi connectivity index (χ2v) is 12.1. The Morgan fingerprint density at radius 1 is 1.18 bits per heavy atom. The fraction of sp³-hybridized carbons (Fsp3) is 0.385. The van der Waals surface area contributed by atoms with Crippen molar-refractivity contribution in [3.05, 3.63) is 63.8 Å². The molecule has 1 aliphatic rings. The van der Waals surface area contributed by atoms with Crippen LogP contribution in [0.4, 0.5) is 13.2 Å². The lowest BCUT2D eigenvalue weighted by Gasteiger charge is -2.26. The third-order valence-corrected chi connectivity index (χ3v) is 8.13. The zero-order valence-corrected chi connectivity index (χ0v) is 23.5. The van der Waals surface area contributed by atoms with E-state index in [-0.39, 0.29) is 22.5 Å². The van der Waals surface area contributed by atoms with Crippen LogP contribution in [-0.4, -0.2) is 53.3 Å². The number of nitrogens with zero attached hydrogens (tertiary/aromatic N) is 2. The van der Waals surface area contributed by atoms with Crippen molar-refractivity contribution in [3.8, 4) is 22.7 Å². The van der Waals surface area contributed by atoms with Gasteiger partial charge in [0, 0.05) is 22.2 Å². The van der Waals surface area contributed by atoms with Gasteiger partial charge in [0.25, 0.3) is 5.91 Å². The second kappa shape index (κ2) is 12.0. The lowest BCUT2D eigenvalue weighted by Crippen LogP contribution is -2.40. The van der Waals surface area contributed by atoms with E-state index < -0.39 is 40.5 Å². The van der Waals surface area contributed by atoms with Crippen molar-refractivity contribution in [1.29, 1.82) is 0 Å². The number of benzene rings is 2. The van der Waals surface area contributed by atoms with Gasteiger partial charge in [-0.25, -0.2) is 4.68 Å². The molecular formula is C26H26Cl2F3N3O5S. The van der Waals surface area contributed by atoms with Crippen LogP contribution in [0.2, 0.25) is 10.0 Å². The van der Waals surface area contributed by atoms with Crippen LogP contribution < -0.4 is 9.50 Å². The summed E-state index contributed by atoms with van der Waals surface area (Å²) in [6.07, 6.45) is -4.02. The van der Waals surface area contributed by atoms with Gasteiger partial charge >= 0.3 is 16.3 Å². The summed E-state index contributed by atoms with van der Waals surface area (Å²) in [5.74, 6) is -1.82. The van der Waals surface area contributed by atoms with Crippen molar-refractivity contribution in [3.63, 3.8) is 0 Å². The molecular weight excluding hydrogens is 594 g/mol. The van der Waals surface area contributed by atoms with Gasteiger partial charge in [0.05, 0.1) is 34.7 Å². The van der Waals surface area contributed by atoms with E-state index in [9.17, 15) is 31.5 Å². The van der Waals surface area contributed by atoms with Gasteiger partial charge in [0.15, 0.2) is 5.69 Å². The SMILES string of the molecule is Cc1c(C(=O)N[C@@H]2CCC[C@@H](O)C2)nn(-c2ccc(Cl)cc2Cl)c1-c1ccc(OS(=O)(=O)CCC(F)(F)F)cc1. The first-order valence-corrected chi connectivity index (χ1v) is 14.7. The van der Waals surface area contributed by atoms with Crippen LogP contribution in [-0.2, 0) is 10.1 Å². The molecule has 216 valence electrons. The Morgan fingerprint density at radius 2 is 1.88 bits per heavy atom. The summed E-state index contributed by atoms with van der Waals surface area (Å²) in [6.45, 7) is 1.69. The van der Waals surface area contributed by atoms with Gasteiger partial charge in [-0.2, -0.15) is 26.7 Å². The van der Waals surface area contributed by atoms with Gasteiger partial charge in [0.1, 0.15) is 5.75 Å². The molecule has 1 aliphatic carbocycles. The minimum absolute atomic E-state index is 0.121. The first kappa shape index (κ1) is 30.2. The Labute approximate surface area is 239 Å². The molecule has 1 amide bonds. The van der Waals surface area contributed by atoms with E-state index >= 15 is 0 Å². The number of halogens is 5. The Kier molecular flexibility index (Phi) is 9.03. The lowest BCUT2D eigenvalue weighted by molar-refractivity contribution is -0.130. The predicted molar refractivity (Wildman–Crippen MR) is 145 cm³/mol. The van der Waals surface area contributed by atoms with Crippen molar-refractivity contribution in [2.45, 2.75) is 57.3 Å². The summed E-state index contributed by atoms with van der Waals surface area (Å²) in [5, 5.41) is 18.1. The van der Waals surface area contributed by atoms with E-state index in [0.717, 1.165) is 12.8 Å². The van der Waals surface area contributed by atoms with Gasteiger partial charge in [-0.15, -0.1) is 0 Å². The quantitative estimate of drug-likeness (QED) is 0.306. The van der Waals surface area contributed by atoms with Crippen LogP contribution in [0.5, 0.6) is 5.75 Å².